The summed E-state index contributed by atoms with van der Waals surface area (Å²) in [6, 6.07) is 6.82. The first-order valence-electron chi connectivity index (χ1n) is 8.52. The summed E-state index contributed by atoms with van der Waals surface area (Å²) in [5.74, 6) is -0.156. The van der Waals surface area contributed by atoms with E-state index in [9.17, 15) is 14.0 Å². The van der Waals surface area contributed by atoms with E-state index in [-0.39, 0.29) is 29.4 Å². The fraction of sp³-hybridized carbons (Fsp3) is 0.368. The third kappa shape index (κ3) is 4.09. The lowest BCUT2D eigenvalue weighted by atomic mass is 10.00. The van der Waals surface area contributed by atoms with Crippen molar-refractivity contribution in [1.82, 2.24) is 10.6 Å². The average molecular weight is 376 g/mol. The number of halogens is 1. The molecule has 2 N–H and O–H groups in total. The van der Waals surface area contributed by atoms with Crippen molar-refractivity contribution in [2.75, 3.05) is 5.75 Å². The summed E-state index contributed by atoms with van der Waals surface area (Å²) in [7, 11) is 0. The SMILES string of the molecule is CC(C)[C@H](NC(=O)c1ccco1)C(=O)NC1CCSc2ccc(F)cc21. The van der Waals surface area contributed by atoms with Gasteiger partial charge in [-0.2, -0.15) is 0 Å². The highest BCUT2D eigenvalue weighted by Crippen LogP contribution is 2.36. The Morgan fingerprint density at radius 1 is 1.31 bits per heavy atom. The summed E-state index contributed by atoms with van der Waals surface area (Å²) in [6.07, 6.45) is 2.12. The van der Waals surface area contributed by atoms with Crippen LogP contribution in [0, 0.1) is 11.7 Å². The molecule has 0 saturated heterocycles. The normalized spacial score (nSPS) is 17.5. The van der Waals surface area contributed by atoms with Crippen molar-refractivity contribution in [3.8, 4) is 0 Å². The number of furan rings is 1. The monoisotopic (exact) mass is 376 g/mol. The van der Waals surface area contributed by atoms with Gasteiger partial charge in [0, 0.05) is 10.6 Å². The molecule has 0 fully saturated rings. The van der Waals surface area contributed by atoms with Crippen molar-refractivity contribution in [3.05, 3.63) is 53.7 Å². The van der Waals surface area contributed by atoms with E-state index < -0.39 is 11.9 Å². The lowest BCUT2D eigenvalue weighted by Gasteiger charge is -2.29. The van der Waals surface area contributed by atoms with Gasteiger partial charge in [0.2, 0.25) is 5.91 Å². The molecular weight excluding hydrogens is 355 g/mol. The van der Waals surface area contributed by atoms with Gasteiger partial charge in [-0.1, -0.05) is 13.8 Å². The maximum Gasteiger partial charge on any atom is 0.287 e. The summed E-state index contributed by atoms with van der Waals surface area (Å²) >= 11 is 1.65. The van der Waals surface area contributed by atoms with Crippen molar-refractivity contribution in [1.29, 1.82) is 0 Å². The van der Waals surface area contributed by atoms with Crippen molar-refractivity contribution in [2.24, 2.45) is 5.92 Å². The lowest BCUT2D eigenvalue weighted by molar-refractivity contribution is -0.124. The number of amides is 2. The Balaban J connectivity index is 1.73. The van der Waals surface area contributed by atoms with Gasteiger partial charge in [-0.05, 0) is 48.2 Å². The van der Waals surface area contributed by atoms with Gasteiger partial charge in [-0.15, -0.1) is 11.8 Å². The summed E-state index contributed by atoms with van der Waals surface area (Å²) < 4.78 is 18.7. The van der Waals surface area contributed by atoms with Crippen LogP contribution in [0.25, 0.3) is 0 Å². The van der Waals surface area contributed by atoms with Crippen LogP contribution in [-0.2, 0) is 4.79 Å². The zero-order chi connectivity index (χ0) is 18.7. The Hall–Kier alpha value is -2.28. The third-order valence-corrected chi connectivity index (χ3v) is 5.43. The topological polar surface area (TPSA) is 71.3 Å². The van der Waals surface area contributed by atoms with Gasteiger partial charge in [0.15, 0.2) is 5.76 Å². The summed E-state index contributed by atoms with van der Waals surface area (Å²) in [6.45, 7) is 3.72. The van der Waals surface area contributed by atoms with Gasteiger partial charge in [-0.3, -0.25) is 9.59 Å². The molecule has 1 aliphatic rings. The molecule has 2 amide bonds. The molecule has 1 unspecified atom stereocenters. The van der Waals surface area contributed by atoms with E-state index in [1.807, 2.05) is 13.8 Å². The molecule has 2 aromatic rings. The van der Waals surface area contributed by atoms with Gasteiger partial charge >= 0.3 is 0 Å². The summed E-state index contributed by atoms with van der Waals surface area (Å²) in [4.78, 5) is 26.0. The van der Waals surface area contributed by atoms with E-state index in [2.05, 4.69) is 10.6 Å². The molecule has 5 nitrogen and oxygen atoms in total. The number of hydrogen-bond acceptors (Lipinski definition) is 4. The predicted octanol–water partition coefficient (Wildman–Crippen LogP) is 3.53. The van der Waals surface area contributed by atoms with E-state index in [4.69, 9.17) is 4.42 Å². The van der Waals surface area contributed by atoms with Crippen LogP contribution in [0.15, 0.2) is 45.9 Å². The highest BCUT2D eigenvalue weighted by atomic mass is 32.2. The molecule has 26 heavy (non-hydrogen) atoms. The van der Waals surface area contributed by atoms with Gasteiger partial charge in [0.25, 0.3) is 5.91 Å². The number of nitrogens with one attached hydrogen (secondary N) is 2. The van der Waals surface area contributed by atoms with E-state index in [0.717, 1.165) is 16.2 Å². The number of carbonyl (C=O) groups is 2. The molecule has 0 bridgehead atoms. The predicted molar refractivity (Wildman–Crippen MR) is 97.4 cm³/mol. The Morgan fingerprint density at radius 2 is 2.12 bits per heavy atom. The Kier molecular flexibility index (Phi) is 5.66. The van der Waals surface area contributed by atoms with E-state index in [1.54, 1.807) is 30.0 Å². The van der Waals surface area contributed by atoms with Gasteiger partial charge in [0.1, 0.15) is 11.9 Å². The minimum atomic E-state index is -0.709. The molecule has 1 aromatic heterocycles. The molecule has 0 spiro atoms. The molecule has 138 valence electrons. The van der Waals surface area contributed by atoms with E-state index >= 15 is 0 Å². The minimum Gasteiger partial charge on any atom is -0.459 e. The van der Waals surface area contributed by atoms with Crippen LogP contribution in [0.5, 0.6) is 0 Å². The average Bonchev–Trinajstić information content (AvgIpc) is 3.14. The molecule has 2 heterocycles. The van der Waals surface area contributed by atoms with Crippen molar-refractivity contribution in [3.63, 3.8) is 0 Å². The zero-order valence-corrected chi connectivity index (χ0v) is 15.4. The fourth-order valence-electron chi connectivity index (χ4n) is 2.93. The molecule has 1 aliphatic heterocycles. The largest absolute Gasteiger partial charge is 0.459 e. The highest BCUT2D eigenvalue weighted by molar-refractivity contribution is 7.99. The summed E-state index contributed by atoms with van der Waals surface area (Å²) in [5, 5.41) is 5.69. The van der Waals surface area contributed by atoms with Crippen LogP contribution >= 0.6 is 11.8 Å². The molecule has 1 aromatic carbocycles. The quantitative estimate of drug-likeness (QED) is 0.838. The fourth-order valence-corrected chi connectivity index (χ4v) is 4.04. The molecule has 2 atom stereocenters. The first kappa shape index (κ1) is 18.5. The Labute approximate surface area is 155 Å². The molecular formula is C19H21FN2O3S. The smallest absolute Gasteiger partial charge is 0.287 e. The second-order valence-corrected chi connectivity index (χ2v) is 7.69. The maximum atomic E-state index is 13.6. The van der Waals surface area contributed by atoms with Crippen LogP contribution in [0.1, 0.15) is 42.4 Å². The second-order valence-electron chi connectivity index (χ2n) is 6.55. The van der Waals surface area contributed by atoms with Crippen molar-refractivity contribution < 1.29 is 18.4 Å². The van der Waals surface area contributed by atoms with Crippen LogP contribution < -0.4 is 10.6 Å². The van der Waals surface area contributed by atoms with Crippen molar-refractivity contribution in [2.45, 2.75) is 37.2 Å². The number of benzene rings is 1. The highest BCUT2D eigenvalue weighted by Gasteiger charge is 2.29. The third-order valence-electron chi connectivity index (χ3n) is 4.31. The second kappa shape index (κ2) is 7.95. The number of fused-ring (bicyclic) bond motifs is 1. The summed E-state index contributed by atoms with van der Waals surface area (Å²) in [5.41, 5.74) is 0.787. The number of hydrogen-bond donors (Lipinski definition) is 2. The first-order chi connectivity index (χ1) is 12.5. The number of rotatable bonds is 5. The van der Waals surface area contributed by atoms with Gasteiger partial charge < -0.3 is 15.1 Å². The molecule has 0 radical (unpaired) electrons. The molecule has 0 aliphatic carbocycles. The standard InChI is InChI=1S/C19H21FN2O3S/c1-11(2)17(22-18(23)15-4-3-8-25-15)19(24)21-14-7-9-26-16-6-5-12(20)10-13(14)16/h3-6,8,10-11,14,17H,7,9H2,1-2H3,(H,21,24)(H,22,23)/t14?,17-/m0/s1. The van der Waals surface area contributed by atoms with Crippen molar-refractivity contribution >= 4 is 23.6 Å². The van der Waals surface area contributed by atoms with Crippen LogP contribution in [0.4, 0.5) is 4.39 Å². The molecule has 7 heteroatoms. The lowest BCUT2D eigenvalue weighted by Crippen LogP contribution is -2.50. The van der Waals surface area contributed by atoms with Crippen LogP contribution in [0.3, 0.4) is 0 Å². The number of carbonyl (C=O) groups excluding carboxylic acids is 2. The maximum absolute atomic E-state index is 13.6. The Morgan fingerprint density at radius 3 is 2.81 bits per heavy atom. The van der Waals surface area contributed by atoms with E-state index in [1.165, 1.54) is 18.4 Å². The number of thioether (sulfide) groups is 1. The van der Waals surface area contributed by atoms with E-state index in [0.29, 0.717) is 6.42 Å². The first-order valence-corrected chi connectivity index (χ1v) is 9.51. The minimum absolute atomic E-state index is 0.112. The van der Waals surface area contributed by atoms with Crippen LogP contribution in [-0.4, -0.2) is 23.6 Å². The van der Waals surface area contributed by atoms with Gasteiger partial charge in [0.05, 0.1) is 12.3 Å². The zero-order valence-electron chi connectivity index (χ0n) is 14.6. The van der Waals surface area contributed by atoms with Gasteiger partial charge in [-0.25, -0.2) is 4.39 Å². The van der Waals surface area contributed by atoms with Crippen LogP contribution in [0.2, 0.25) is 0 Å². The molecule has 3 rings (SSSR count). The molecule has 0 saturated carbocycles. The Bertz CT molecular complexity index is 792.